The largest absolute Gasteiger partial charge is 0.456 e. The number of fused-ring (bicyclic) bond motifs is 1. The van der Waals surface area contributed by atoms with E-state index in [9.17, 15) is 9.59 Å². The Morgan fingerprint density at radius 3 is 2.56 bits per heavy atom. The molecule has 1 aromatic heterocycles. The van der Waals surface area contributed by atoms with Gasteiger partial charge < -0.3 is 10.1 Å². The lowest BCUT2D eigenvalue weighted by atomic mass is 9.93. The number of hydrogen-bond donors (Lipinski definition) is 2. The predicted octanol–water partition coefficient (Wildman–Crippen LogP) is 2.65. The van der Waals surface area contributed by atoms with Crippen molar-refractivity contribution in [2.75, 3.05) is 0 Å². The predicted molar refractivity (Wildman–Crippen MR) is 93.5 cm³/mol. The van der Waals surface area contributed by atoms with Crippen molar-refractivity contribution >= 4 is 11.9 Å². The van der Waals surface area contributed by atoms with Gasteiger partial charge in [0.2, 0.25) is 0 Å². The molecule has 0 radical (unpaired) electrons. The lowest BCUT2D eigenvalue weighted by Crippen LogP contribution is -2.38. The van der Waals surface area contributed by atoms with Crippen LogP contribution in [0.3, 0.4) is 0 Å². The van der Waals surface area contributed by atoms with E-state index in [0.717, 1.165) is 30.5 Å². The summed E-state index contributed by atoms with van der Waals surface area (Å²) in [5.41, 5.74) is 2.75. The van der Waals surface area contributed by atoms with Gasteiger partial charge in [0.25, 0.3) is 5.91 Å². The lowest BCUT2D eigenvalue weighted by molar-refractivity contribution is 0.00693. The molecule has 132 valence electrons. The van der Waals surface area contributed by atoms with Gasteiger partial charge in [-0.15, -0.1) is 0 Å². The van der Waals surface area contributed by atoms with Crippen molar-refractivity contribution in [2.24, 2.45) is 0 Å². The number of esters is 1. The number of aromatic nitrogens is 2. The van der Waals surface area contributed by atoms with E-state index in [-0.39, 0.29) is 17.9 Å². The van der Waals surface area contributed by atoms with Gasteiger partial charge in [0.15, 0.2) is 0 Å². The van der Waals surface area contributed by atoms with Crippen molar-refractivity contribution in [2.45, 2.75) is 51.7 Å². The number of amides is 1. The summed E-state index contributed by atoms with van der Waals surface area (Å²) in [5, 5.41) is 10.1. The number of aromatic amines is 1. The summed E-state index contributed by atoms with van der Waals surface area (Å²) in [6, 6.07) is 6.65. The van der Waals surface area contributed by atoms with Crippen LogP contribution >= 0.6 is 0 Å². The van der Waals surface area contributed by atoms with E-state index in [1.807, 2.05) is 27.0 Å². The molecule has 0 aliphatic heterocycles. The second-order valence-electron chi connectivity index (χ2n) is 7.37. The quantitative estimate of drug-likeness (QED) is 0.841. The Hall–Kier alpha value is -2.63. The first kappa shape index (κ1) is 17.2. The number of carbonyl (C=O) groups is 2. The molecule has 1 aliphatic carbocycles. The van der Waals surface area contributed by atoms with Crippen molar-refractivity contribution in [3.63, 3.8) is 0 Å². The van der Waals surface area contributed by atoms with Gasteiger partial charge in [-0.2, -0.15) is 5.10 Å². The third kappa shape index (κ3) is 4.26. The number of H-pyrrole nitrogens is 1. The minimum Gasteiger partial charge on any atom is -0.456 e. The van der Waals surface area contributed by atoms with Crippen LogP contribution < -0.4 is 5.32 Å². The number of nitrogens with one attached hydrogen (secondary N) is 2. The Morgan fingerprint density at radius 2 is 1.88 bits per heavy atom. The molecule has 1 amide bonds. The summed E-state index contributed by atoms with van der Waals surface area (Å²) < 4.78 is 5.32. The number of hydrogen-bond acceptors (Lipinski definition) is 4. The van der Waals surface area contributed by atoms with E-state index >= 15 is 0 Å². The van der Waals surface area contributed by atoms with E-state index in [2.05, 4.69) is 15.5 Å². The van der Waals surface area contributed by atoms with Crippen LogP contribution in [-0.4, -0.2) is 33.7 Å². The van der Waals surface area contributed by atoms with Gasteiger partial charge in [0.1, 0.15) is 5.60 Å². The maximum atomic E-state index is 12.4. The first-order valence-electron chi connectivity index (χ1n) is 8.47. The second kappa shape index (κ2) is 6.70. The van der Waals surface area contributed by atoms with Crippen LogP contribution in [0.1, 0.15) is 59.2 Å². The van der Waals surface area contributed by atoms with Gasteiger partial charge in [-0.1, -0.05) is 0 Å². The topological polar surface area (TPSA) is 84.1 Å². The number of carbonyl (C=O) groups excluding carboxylic acids is 2. The molecule has 25 heavy (non-hydrogen) atoms. The highest BCUT2D eigenvalue weighted by molar-refractivity contribution is 5.96. The first-order chi connectivity index (χ1) is 11.8. The maximum absolute atomic E-state index is 12.4. The fourth-order valence-corrected chi connectivity index (χ4v) is 2.90. The van der Waals surface area contributed by atoms with Crippen molar-refractivity contribution in [1.82, 2.24) is 15.5 Å². The molecule has 0 fully saturated rings. The van der Waals surface area contributed by atoms with E-state index < -0.39 is 5.60 Å². The van der Waals surface area contributed by atoms with Crippen molar-refractivity contribution in [3.8, 4) is 0 Å². The van der Waals surface area contributed by atoms with Crippen LogP contribution in [0.25, 0.3) is 0 Å². The van der Waals surface area contributed by atoms with Crippen LogP contribution in [-0.2, 0) is 17.6 Å². The SMILES string of the molecule is CC(C)(C)OC(=O)c1ccc(C(=O)N[C@@H]2CCc3[nH]ncc3C2)cc1. The molecule has 3 rings (SSSR count). The molecule has 0 saturated carbocycles. The van der Waals surface area contributed by atoms with Gasteiger partial charge in [-0.3, -0.25) is 9.89 Å². The number of benzene rings is 1. The van der Waals surface area contributed by atoms with Gasteiger partial charge >= 0.3 is 5.97 Å². The Morgan fingerprint density at radius 1 is 1.20 bits per heavy atom. The lowest BCUT2D eigenvalue weighted by Gasteiger charge is -2.23. The fourth-order valence-electron chi connectivity index (χ4n) is 2.90. The third-order valence-electron chi connectivity index (χ3n) is 4.13. The van der Waals surface area contributed by atoms with Gasteiger partial charge in [0.05, 0.1) is 11.8 Å². The highest BCUT2D eigenvalue weighted by atomic mass is 16.6. The first-order valence-corrected chi connectivity index (χ1v) is 8.47. The number of aryl methyl sites for hydroxylation is 1. The van der Waals surface area contributed by atoms with Gasteiger partial charge in [0, 0.05) is 17.3 Å². The Balaban J connectivity index is 1.61. The zero-order valence-electron chi connectivity index (χ0n) is 14.8. The van der Waals surface area contributed by atoms with Crippen molar-refractivity contribution in [3.05, 3.63) is 52.8 Å². The summed E-state index contributed by atoms with van der Waals surface area (Å²) >= 11 is 0. The van der Waals surface area contributed by atoms with Gasteiger partial charge in [-0.25, -0.2) is 4.79 Å². The molecule has 0 bridgehead atoms. The van der Waals surface area contributed by atoms with Crippen LogP contribution in [0.5, 0.6) is 0 Å². The highest BCUT2D eigenvalue weighted by Gasteiger charge is 2.22. The number of rotatable bonds is 3. The summed E-state index contributed by atoms with van der Waals surface area (Å²) in [6.07, 6.45) is 4.38. The fraction of sp³-hybridized carbons (Fsp3) is 0.421. The zero-order chi connectivity index (χ0) is 18.0. The number of ether oxygens (including phenoxy) is 1. The summed E-state index contributed by atoms with van der Waals surface area (Å²) in [5.74, 6) is -0.521. The van der Waals surface area contributed by atoms with E-state index in [4.69, 9.17) is 4.74 Å². The van der Waals surface area contributed by atoms with E-state index in [1.165, 1.54) is 0 Å². The van der Waals surface area contributed by atoms with Crippen molar-refractivity contribution in [1.29, 1.82) is 0 Å². The Bertz CT molecular complexity index is 772. The normalized spacial score (nSPS) is 16.8. The molecule has 1 heterocycles. The molecule has 0 unspecified atom stereocenters. The smallest absolute Gasteiger partial charge is 0.338 e. The molecule has 0 saturated heterocycles. The summed E-state index contributed by atoms with van der Waals surface area (Å²) in [6.45, 7) is 5.47. The number of nitrogens with zero attached hydrogens (tertiary/aromatic N) is 1. The summed E-state index contributed by atoms with van der Waals surface area (Å²) in [4.78, 5) is 24.4. The molecule has 6 heteroatoms. The van der Waals surface area contributed by atoms with E-state index in [0.29, 0.717) is 11.1 Å². The Kier molecular flexibility index (Phi) is 4.61. The molecule has 0 spiro atoms. The monoisotopic (exact) mass is 341 g/mol. The van der Waals surface area contributed by atoms with Crippen LogP contribution in [0, 0.1) is 0 Å². The molecule has 2 N–H and O–H groups in total. The molecule has 1 atom stereocenters. The molecule has 1 aliphatic rings. The average Bonchev–Trinajstić information content (AvgIpc) is 3.01. The Labute approximate surface area is 147 Å². The molecule has 2 aromatic rings. The second-order valence-corrected chi connectivity index (χ2v) is 7.37. The van der Waals surface area contributed by atoms with Crippen LogP contribution in [0.4, 0.5) is 0 Å². The molecular formula is C19H23N3O3. The average molecular weight is 341 g/mol. The van der Waals surface area contributed by atoms with Crippen molar-refractivity contribution < 1.29 is 14.3 Å². The molecular weight excluding hydrogens is 318 g/mol. The van der Waals surface area contributed by atoms with Crippen LogP contribution in [0.15, 0.2) is 30.5 Å². The third-order valence-corrected chi connectivity index (χ3v) is 4.13. The molecule has 1 aromatic carbocycles. The molecule has 6 nitrogen and oxygen atoms in total. The highest BCUT2D eigenvalue weighted by Crippen LogP contribution is 2.19. The maximum Gasteiger partial charge on any atom is 0.338 e. The van der Waals surface area contributed by atoms with E-state index in [1.54, 1.807) is 24.3 Å². The van der Waals surface area contributed by atoms with Crippen LogP contribution in [0.2, 0.25) is 0 Å². The minimum absolute atomic E-state index is 0.100. The van der Waals surface area contributed by atoms with Gasteiger partial charge in [-0.05, 0) is 69.9 Å². The summed E-state index contributed by atoms with van der Waals surface area (Å²) in [7, 11) is 0. The standard InChI is InChI=1S/C19H23N3O3/c1-19(2,3)25-18(24)13-6-4-12(5-7-13)17(23)21-15-8-9-16-14(10-15)11-20-22-16/h4-7,11,15H,8-10H2,1-3H3,(H,20,22)(H,21,23)/t15-/m1/s1. The zero-order valence-corrected chi connectivity index (χ0v) is 14.8. The minimum atomic E-state index is -0.542.